The van der Waals surface area contributed by atoms with Crippen LogP contribution in [0.2, 0.25) is 0 Å². The molecule has 0 amide bonds. The first-order chi connectivity index (χ1) is 9.78. The average Bonchev–Trinajstić information content (AvgIpc) is 2.36. The summed E-state index contributed by atoms with van der Waals surface area (Å²) in [5.41, 5.74) is 0.449. The van der Waals surface area contributed by atoms with Gasteiger partial charge in [-0.2, -0.15) is 0 Å². The molecule has 1 aromatic heterocycles. The standard InChI is InChI=1S/C14H18N4O3/c1-14(2,3)4-5-15-11-7-10-9(6-12(11)18(20)21)13(19)17-8-16-10/h6-8,15H,4-5H2,1-3H3,(H,16,17,19). The molecule has 0 saturated heterocycles. The van der Waals surface area contributed by atoms with Crippen molar-refractivity contribution in [2.24, 2.45) is 5.41 Å². The number of nitrogens with zero attached hydrogens (tertiary/aromatic N) is 2. The quantitative estimate of drug-likeness (QED) is 0.666. The Morgan fingerprint density at radius 3 is 2.71 bits per heavy atom. The Labute approximate surface area is 121 Å². The lowest BCUT2D eigenvalue weighted by atomic mass is 9.92. The number of nitrogens with one attached hydrogen (secondary N) is 2. The molecule has 2 N–H and O–H groups in total. The van der Waals surface area contributed by atoms with Gasteiger partial charge in [-0.1, -0.05) is 20.8 Å². The predicted octanol–water partition coefficient (Wildman–Crippen LogP) is 2.68. The first-order valence-electron chi connectivity index (χ1n) is 6.68. The maximum atomic E-state index is 11.7. The van der Waals surface area contributed by atoms with E-state index < -0.39 is 4.92 Å². The summed E-state index contributed by atoms with van der Waals surface area (Å²) in [5, 5.41) is 14.5. The van der Waals surface area contributed by atoms with E-state index in [1.165, 1.54) is 12.4 Å². The fourth-order valence-electron chi connectivity index (χ4n) is 1.97. The van der Waals surface area contributed by atoms with Gasteiger partial charge in [-0.05, 0) is 17.9 Å². The Morgan fingerprint density at radius 2 is 2.10 bits per heavy atom. The predicted molar refractivity (Wildman–Crippen MR) is 81.6 cm³/mol. The van der Waals surface area contributed by atoms with Crippen LogP contribution >= 0.6 is 0 Å². The zero-order chi connectivity index (χ0) is 15.6. The summed E-state index contributed by atoms with van der Waals surface area (Å²) in [7, 11) is 0. The van der Waals surface area contributed by atoms with Gasteiger partial charge in [0.1, 0.15) is 5.69 Å². The third-order valence-electron chi connectivity index (χ3n) is 3.15. The highest BCUT2D eigenvalue weighted by Gasteiger charge is 2.18. The minimum Gasteiger partial charge on any atom is -0.379 e. The second-order valence-electron chi connectivity index (χ2n) is 6.11. The summed E-state index contributed by atoms with van der Waals surface area (Å²) in [6, 6.07) is 2.81. The van der Waals surface area contributed by atoms with E-state index in [1.807, 2.05) is 0 Å². The van der Waals surface area contributed by atoms with Gasteiger partial charge in [-0.25, -0.2) is 4.98 Å². The zero-order valence-corrected chi connectivity index (χ0v) is 12.3. The van der Waals surface area contributed by atoms with Crippen molar-refractivity contribution in [1.29, 1.82) is 0 Å². The summed E-state index contributed by atoms with van der Waals surface area (Å²) in [4.78, 5) is 28.8. The second-order valence-corrected chi connectivity index (χ2v) is 6.11. The maximum absolute atomic E-state index is 11.7. The fourth-order valence-corrected chi connectivity index (χ4v) is 1.97. The molecule has 1 heterocycles. The molecular weight excluding hydrogens is 272 g/mol. The van der Waals surface area contributed by atoms with Crippen LogP contribution in [0.15, 0.2) is 23.3 Å². The third kappa shape index (κ3) is 3.56. The highest BCUT2D eigenvalue weighted by molar-refractivity contribution is 5.86. The number of aromatic nitrogens is 2. The van der Waals surface area contributed by atoms with Gasteiger partial charge in [0.25, 0.3) is 11.2 Å². The van der Waals surface area contributed by atoms with Gasteiger partial charge >= 0.3 is 0 Å². The zero-order valence-electron chi connectivity index (χ0n) is 12.3. The average molecular weight is 290 g/mol. The molecule has 0 bridgehead atoms. The summed E-state index contributed by atoms with van der Waals surface area (Å²) < 4.78 is 0. The molecule has 2 rings (SSSR count). The number of hydrogen-bond donors (Lipinski definition) is 2. The lowest BCUT2D eigenvalue weighted by Crippen LogP contribution is -2.14. The van der Waals surface area contributed by atoms with Gasteiger partial charge in [0.2, 0.25) is 0 Å². The smallest absolute Gasteiger partial charge is 0.293 e. The van der Waals surface area contributed by atoms with Crippen LogP contribution in [0.5, 0.6) is 0 Å². The largest absolute Gasteiger partial charge is 0.379 e. The second kappa shape index (κ2) is 5.51. The number of aromatic amines is 1. The number of anilines is 1. The van der Waals surface area contributed by atoms with Crippen molar-refractivity contribution in [3.05, 3.63) is 38.9 Å². The molecule has 7 heteroatoms. The van der Waals surface area contributed by atoms with E-state index in [2.05, 4.69) is 36.1 Å². The van der Waals surface area contributed by atoms with Crippen LogP contribution < -0.4 is 10.9 Å². The third-order valence-corrected chi connectivity index (χ3v) is 3.15. The van der Waals surface area contributed by atoms with Crippen molar-refractivity contribution in [2.45, 2.75) is 27.2 Å². The number of rotatable bonds is 4. The highest BCUT2D eigenvalue weighted by atomic mass is 16.6. The molecule has 0 aliphatic rings. The van der Waals surface area contributed by atoms with E-state index in [9.17, 15) is 14.9 Å². The lowest BCUT2D eigenvalue weighted by Gasteiger charge is -2.18. The van der Waals surface area contributed by atoms with Crippen LogP contribution in [0, 0.1) is 15.5 Å². The molecule has 112 valence electrons. The van der Waals surface area contributed by atoms with Crippen molar-refractivity contribution < 1.29 is 4.92 Å². The van der Waals surface area contributed by atoms with Gasteiger partial charge in [-0.3, -0.25) is 14.9 Å². The van der Waals surface area contributed by atoms with E-state index >= 15 is 0 Å². The summed E-state index contributed by atoms with van der Waals surface area (Å²) in [6.07, 6.45) is 2.15. The minimum absolute atomic E-state index is 0.116. The van der Waals surface area contributed by atoms with Crippen LogP contribution in [0.4, 0.5) is 11.4 Å². The molecule has 0 unspecified atom stereocenters. The fraction of sp³-hybridized carbons (Fsp3) is 0.429. The molecule has 0 aliphatic heterocycles. The molecule has 21 heavy (non-hydrogen) atoms. The SMILES string of the molecule is CC(C)(C)CCNc1cc2nc[nH]c(=O)c2cc1[N+](=O)[O-]. The van der Waals surface area contributed by atoms with Gasteiger partial charge in [-0.15, -0.1) is 0 Å². The van der Waals surface area contributed by atoms with Crippen LogP contribution in [-0.4, -0.2) is 21.4 Å². The van der Waals surface area contributed by atoms with Crippen molar-refractivity contribution in [2.75, 3.05) is 11.9 Å². The van der Waals surface area contributed by atoms with Crippen molar-refractivity contribution in [3.63, 3.8) is 0 Å². The van der Waals surface area contributed by atoms with Gasteiger partial charge in [0.05, 0.1) is 22.2 Å². The van der Waals surface area contributed by atoms with Gasteiger partial charge in [0.15, 0.2) is 0 Å². The summed E-state index contributed by atoms with van der Waals surface area (Å²) >= 11 is 0. The number of nitro benzene ring substituents is 1. The molecule has 0 saturated carbocycles. The number of fused-ring (bicyclic) bond motifs is 1. The van der Waals surface area contributed by atoms with Gasteiger partial charge < -0.3 is 10.3 Å². The normalized spacial score (nSPS) is 11.6. The van der Waals surface area contributed by atoms with Crippen LogP contribution in [-0.2, 0) is 0 Å². The Balaban J connectivity index is 2.39. The van der Waals surface area contributed by atoms with Crippen molar-refractivity contribution >= 4 is 22.3 Å². The van der Waals surface area contributed by atoms with Gasteiger partial charge in [0, 0.05) is 12.6 Å². The number of benzene rings is 1. The monoisotopic (exact) mass is 290 g/mol. The Morgan fingerprint density at radius 1 is 1.38 bits per heavy atom. The van der Waals surface area contributed by atoms with Crippen molar-refractivity contribution in [3.8, 4) is 0 Å². The molecule has 0 atom stereocenters. The van der Waals surface area contributed by atoms with E-state index in [0.717, 1.165) is 6.42 Å². The molecule has 0 fully saturated rings. The van der Waals surface area contributed by atoms with E-state index in [0.29, 0.717) is 17.7 Å². The number of hydrogen-bond acceptors (Lipinski definition) is 5. The Hall–Kier alpha value is -2.44. The Bertz CT molecular complexity index is 731. The molecule has 2 aromatic rings. The summed E-state index contributed by atoms with van der Waals surface area (Å²) in [6.45, 7) is 6.92. The van der Waals surface area contributed by atoms with E-state index in [1.54, 1.807) is 6.07 Å². The molecule has 1 aromatic carbocycles. The summed E-state index contributed by atoms with van der Waals surface area (Å²) in [5.74, 6) is 0. The first kappa shape index (κ1) is 15.0. The first-order valence-corrected chi connectivity index (χ1v) is 6.68. The van der Waals surface area contributed by atoms with E-state index in [4.69, 9.17) is 0 Å². The topological polar surface area (TPSA) is 101 Å². The lowest BCUT2D eigenvalue weighted by molar-refractivity contribution is -0.383. The number of nitro groups is 1. The Kier molecular flexibility index (Phi) is 3.93. The highest BCUT2D eigenvalue weighted by Crippen LogP contribution is 2.28. The maximum Gasteiger partial charge on any atom is 0.293 e. The van der Waals surface area contributed by atoms with Crippen molar-refractivity contribution in [1.82, 2.24) is 9.97 Å². The van der Waals surface area contributed by atoms with Crippen LogP contribution in [0.1, 0.15) is 27.2 Å². The minimum atomic E-state index is -0.495. The molecule has 0 radical (unpaired) electrons. The number of H-pyrrole nitrogens is 1. The molecule has 7 nitrogen and oxygen atoms in total. The van der Waals surface area contributed by atoms with Crippen LogP contribution in [0.3, 0.4) is 0 Å². The molecule has 0 aliphatic carbocycles. The van der Waals surface area contributed by atoms with Crippen LogP contribution in [0.25, 0.3) is 10.9 Å². The molecular formula is C14H18N4O3. The van der Waals surface area contributed by atoms with E-state index in [-0.39, 0.29) is 22.0 Å². The molecule has 0 spiro atoms.